The van der Waals surface area contributed by atoms with Crippen LogP contribution in [0.3, 0.4) is 0 Å². The number of carboxylic acids is 1. The molecule has 0 radical (unpaired) electrons. The first-order valence-corrected chi connectivity index (χ1v) is 17.8. The fourth-order valence-corrected chi connectivity index (χ4v) is 8.44. The van der Waals surface area contributed by atoms with Crippen molar-refractivity contribution in [2.24, 2.45) is 0 Å². The molecule has 0 fully saturated rings. The first-order chi connectivity index (χ1) is 23.6. The summed E-state index contributed by atoms with van der Waals surface area (Å²) < 4.78 is 29.1. The second-order valence-corrected chi connectivity index (χ2v) is 14.9. The van der Waals surface area contributed by atoms with Gasteiger partial charge in [-0.05, 0) is 105 Å². The second kappa shape index (κ2) is 12.8. The zero-order chi connectivity index (χ0) is 34.2. The molecule has 49 heavy (non-hydrogen) atoms. The molecular formula is C42H36N2O4S. The SMILES string of the molecule is CC1(C)CC(c2ccccc2NS(=O)(=O)c2ccccc2)Cc2ccc3c(ccc4ccccc43)c21.O=C(O)c1ccc2ncccc2c1. The number of rotatable bonds is 5. The number of para-hydroxylation sites is 1. The lowest BCUT2D eigenvalue weighted by molar-refractivity contribution is 0.0697. The summed E-state index contributed by atoms with van der Waals surface area (Å²) in [6.07, 6.45) is 3.50. The zero-order valence-corrected chi connectivity index (χ0v) is 28.1. The van der Waals surface area contributed by atoms with Gasteiger partial charge in [-0.2, -0.15) is 0 Å². The number of carboxylic acid groups (broad SMARTS) is 1. The van der Waals surface area contributed by atoms with Crippen LogP contribution in [0.2, 0.25) is 0 Å². The standard InChI is InChI=1S/C32H29NO2S.C10H7NO2/c1-32(2)21-24(27-14-8-9-15-30(27)33-36(34,35)25-11-4-3-5-12-25)20-23-17-18-28-26-13-7-6-10-22(26)16-19-29(28)31(23)32;12-10(13)8-3-4-9-7(6-8)2-1-5-11-9/h3-19,24,33H,20-21H2,1-2H3;1-6H,(H,12,13). The first-order valence-electron chi connectivity index (χ1n) is 16.3. The molecule has 1 aromatic heterocycles. The highest BCUT2D eigenvalue weighted by molar-refractivity contribution is 7.92. The Morgan fingerprint density at radius 2 is 1.47 bits per heavy atom. The maximum Gasteiger partial charge on any atom is 0.335 e. The Bertz CT molecular complexity index is 2460. The smallest absolute Gasteiger partial charge is 0.335 e. The molecule has 7 heteroatoms. The molecule has 0 aliphatic heterocycles. The molecule has 0 spiro atoms. The second-order valence-electron chi connectivity index (χ2n) is 13.2. The summed E-state index contributed by atoms with van der Waals surface area (Å²) in [6, 6.07) is 42.5. The van der Waals surface area contributed by atoms with Gasteiger partial charge in [-0.25, -0.2) is 13.2 Å². The average molecular weight is 665 g/mol. The van der Waals surface area contributed by atoms with Crippen LogP contribution < -0.4 is 4.72 Å². The maximum atomic E-state index is 13.1. The van der Waals surface area contributed by atoms with Crippen LogP contribution in [-0.4, -0.2) is 24.5 Å². The third-order valence-electron chi connectivity index (χ3n) is 9.46. The molecule has 6 nitrogen and oxygen atoms in total. The normalized spacial score (nSPS) is 15.3. The minimum Gasteiger partial charge on any atom is -0.478 e. The molecule has 0 saturated heterocycles. The van der Waals surface area contributed by atoms with Crippen molar-refractivity contribution in [2.75, 3.05) is 4.72 Å². The number of nitrogens with zero attached hydrogens (tertiary/aromatic N) is 1. The summed E-state index contributed by atoms with van der Waals surface area (Å²) in [5.74, 6) is -0.703. The van der Waals surface area contributed by atoms with Crippen LogP contribution in [0, 0.1) is 0 Å². The van der Waals surface area contributed by atoms with Gasteiger partial charge < -0.3 is 5.11 Å². The van der Waals surface area contributed by atoms with Gasteiger partial charge in [0.1, 0.15) is 0 Å². The lowest BCUT2D eigenvalue weighted by atomic mass is 9.65. The summed E-state index contributed by atoms with van der Waals surface area (Å²) >= 11 is 0. The molecular weight excluding hydrogens is 629 g/mol. The fraction of sp³-hybridized carbons (Fsp3) is 0.143. The number of aromatic nitrogens is 1. The van der Waals surface area contributed by atoms with Gasteiger partial charge in [-0.15, -0.1) is 0 Å². The van der Waals surface area contributed by atoms with E-state index in [4.69, 9.17) is 5.11 Å². The van der Waals surface area contributed by atoms with Gasteiger partial charge in [-0.1, -0.05) is 105 Å². The van der Waals surface area contributed by atoms with E-state index in [0.717, 1.165) is 29.3 Å². The van der Waals surface area contributed by atoms with E-state index in [1.165, 1.54) is 32.7 Å². The number of sulfonamides is 1. The maximum absolute atomic E-state index is 13.1. The minimum atomic E-state index is -3.66. The number of carbonyl (C=O) groups is 1. The van der Waals surface area contributed by atoms with Gasteiger partial charge in [0.2, 0.25) is 0 Å². The van der Waals surface area contributed by atoms with E-state index >= 15 is 0 Å². The van der Waals surface area contributed by atoms with E-state index in [0.29, 0.717) is 11.3 Å². The summed E-state index contributed by atoms with van der Waals surface area (Å²) in [5.41, 5.74) is 5.52. The van der Waals surface area contributed by atoms with E-state index in [1.807, 2.05) is 30.3 Å². The Morgan fingerprint density at radius 3 is 2.29 bits per heavy atom. The Morgan fingerprint density at radius 1 is 0.755 bits per heavy atom. The van der Waals surface area contributed by atoms with E-state index in [1.54, 1.807) is 54.7 Å². The van der Waals surface area contributed by atoms with Crippen LogP contribution in [0.1, 0.15) is 53.2 Å². The molecule has 0 amide bonds. The van der Waals surface area contributed by atoms with Crippen LogP contribution in [0.4, 0.5) is 5.69 Å². The Balaban J connectivity index is 0.000000244. The number of aromatic carboxylic acids is 1. The van der Waals surface area contributed by atoms with Crippen molar-refractivity contribution in [3.05, 3.63) is 162 Å². The molecule has 6 aromatic carbocycles. The molecule has 0 saturated carbocycles. The predicted octanol–water partition coefficient (Wildman–Crippen LogP) is 9.73. The van der Waals surface area contributed by atoms with Crippen LogP contribution in [-0.2, 0) is 21.9 Å². The van der Waals surface area contributed by atoms with Crippen molar-refractivity contribution in [1.82, 2.24) is 4.98 Å². The third-order valence-corrected chi connectivity index (χ3v) is 10.8. The Labute approximate surface area is 286 Å². The number of benzene rings is 6. The van der Waals surface area contributed by atoms with E-state index in [2.05, 4.69) is 78.2 Å². The predicted molar refractivity (Wildman–Crippen MR) is 198 cm³/mol. The van der Waals surface area contributed by atoms with Crippen molar-refractivity contribution >= 4 is 54.1 Å². The van der Waals surface area contributed by atoms with Gasteiger partial charge >= 0.3 is 5.97 Å². The van der Waals surface area contributed by atoms with Gasteiger partial charge in [0.15, 0.2) is 0 Å². The number of hydrogen-bond donors (Lipinski definition) is 2. The van der Waals surface area contributed by atoms with Crippen molar-refractivity contribution in [3.8, 4) is 0 Å². The highest BCUT2D eigenvalue weighted by Gasteiger charge is 2.36. The monoisotopic (exact) mass is 664 g/mol. The Kier molecular flexibility index (Phi) is 8.38. The van der Waals surface area contributed by atoms with Gasteiger partial charge in [0, 0.05) is 11.6 Å². The molecule has 8 rings (SSSR count). The topological polar surface area (TPSA) is 96.4 Å². The Hall–Kier alpha value is -5.53. The van der Waals surface area contributed by atoms with Crippen LogP contribution in [0.5, 0.6) is 0 Å². The number of fused-ring (bicyclic) bond motifs is 6. The molecule has 1 atom stereocenters. The van der Waals surface area contributed by atoms with E-state index < -0.39 is 16.0 Å². The summed E-state index contributed by atoms with van der Waals surface area (Å²) in [7, 11) is -3.66. The van der Waals surface area contributed by atoms with Crippen molar-refractivity contribution in [3.63, 3.8) is 0 Å². The van der Waals surface area contributed by atoms with Gasteiger partial charge in [0.25, 0.3) is 10.0 Å². The lowest BCUT2D eigenvalue weighted by Crippen LogP contribution is -2.29. The third kappa shape index (κ3) is 6.37. The first kappa shape index (κ1) is 32.0. The largest absolute Gasteiger partial charge is 0.478 e. The molecule has 1 aliphatic carbocycles. The molecule has 0 bridgehead atoms. The van der Waals surface area contributed by atoms with Gasteiger partial charge in [0.05, 0.1) is 21.7 Å². The van der Waals surface area contributed by atoms with Gasteiger partial charge in [-0.3, -0.25) is 9.71 Å². The highest BCUT2D eigenvalue weighted by Crippen LogP contribution is 2.48. The zero-order valence-electron chi connectivity index (χ0n) is 27.3. The fourth-order valence-electron chi connectivity index (χ4n) is 7.34. The summed E-state index contributed by atoms with van der Waals surface area (Å²) in [5, 5.41) is 14.7. The molecule has 1 aliphatic rings. The van der Waals surface area contributed by atoms with Crippen LogP contribution in [0.25, 0.3) is 32.4 Å². The number of nitrogens with one attached hydrogen (secondary N) is 1. The molecule has 244 valence electrons. The number of hydrogen-bond acceptors (Lipinski definition) is 4. The van der Waals surface area contributed by atoms with Crippen LogP contribution >= 0.6 is 0 Å². The van der Waals surface area contributed by atoms with Crippen molar-refractivity contribution in [1.29, 1.82) is 0 Å². The number of pyridine rings is 1. The average Bonchev–Trinajstić information content (AvgIpc) is 3.11. The van der Waals surface area contributed by atoms with Crippen molar-refractivity contribution in [2.45, 2.75) is 42.9 Å². The van der Waals surface area contributed by atoms with E-state index in [9.17, 15) is 13.2 Å². The molecule has 1 unspecified atom stereocenters. The molecule has 1 heterocycles. The summed E-state index contributed by atoms with van der Waals surface area (Å²) in [4.78, 5) is 15.0. The quantitative estimate of drug-likeness (QED) is 0.179. The molecule has 2 N–H and O–H groups in total. The lowest BCUT2D eigenvalue weighted by Gasteiger charge is -2.39. The summed E-state index contributed by atoms with van der Waals surface area (Å²) in [6.45, 7) is 4.65. The number of anilines is 1. The van der Waals surface area contributed by atoms with Crippen LogP contribution in [0.15, 0.2) is 145 Å². The van der Waals surface area contributed by atoms with Crippen molar-refractivity contribution < 1.29 is 18.3 Å². The highest BCUT2D eigenvalue weighted by atomic mass is 32.2. The van der Waals surface area contributed by atoms with E-state index in [-0.39, 0.29) is 16.2 Å². The minimum absolute atomic E-state index is 0.0639. The molecule has 7 aromatic rings.